The van der Waals surface area contributed by atoms with Gasteiger partial charge < -0.3 is 10.1 Å². The number of nitrogens with zero attached hydrogens (tertiary/aromatic N) is 1. The predicted octanol–water partition coefficient (Wildman–Crippen LogP) is 3.96. The van der Waals surface area contributed by atoms with E-state index in [1.807, 2.05) is 6.92 Å². The lowest BCUT2D eigenvalue weighted by Gasteiger charge is -2.12. The Morgan fingerprint density at radius 1 is 1.25 bits per heavy atom. The smallest absolute Gasteiger partial charge is 0.261 e. The van der Waals surface area contributed by atoms with Crippen molar-refractivity contribution in [3.05, 3.63) is 51.8 Å². The molecular weight excluding hydrogens is 299 g/mol. The van der Waals surface area contributed by atoms with Gasteiger partial charge in [0.05, 0.1) is 17.2 Å². The number of hydrogen-bond donors (Lipinski definition) is 1. The van der Waals surface area contributed by atoms with Crippen LogP contribution in [0.25, 0.3) is 0 Å². The van der Waals surface area contributed by atoms with Crippen molar-refractivity contribution in [1.82, 2.24) is 4.98 Å². The van der Waals surface area contributed by atoms with Gasteiger partial charge in [0.1, 0.15) is 5.56 Å². The number of halogens is 2. The number of aromatic nitrogens is 1. The van der Waals surface area contributed by atoms with Gasteiger partial charge >= 0.3 is 0 Å². The molecule has 1 aromatic carbocycles. The van der Waals surface area contributed by atoms with Gasteiger partial charge in [-0.3, -0.25) is 9.78 Å². The van der Waals surface area contributed by atoms with E-state index < -0.39 is 0 Å². The lowest BCUT2D eigenvalue weighted by molar-refractivity contribution is 0.102. The van der Waals surface area contributed by atoms with E-state index in [0.717, 1.165) is 5.69 Å². The fourth-order valence-corrected chi connectivity index (χ4v) is 2.23. The van der Waals surface area contributed by atoms with Crippen molar-refractivity contribution < 1.29 is 9.53 Å². The zero-order valence-corrected chi connectivity index (χ0v) is 12.4. The Labute approximate surface area is 126 Å². The van der Waals surface area contributed by atoms with Crippen LogP contribution in [0.3, 0.4) is 0 Å². The van der Waals surface area contributed by atoms with Gasteiger partial charge in [0.25, 0.3) is 5.91 Å². The quantitative estimate of drug-likeness (QED) is 0.933. The largest absolute Gasteiger partial charge is 0.494 e. The highest BCUT2D eigenvalue weighted by Crippen LogP contribution is 2.34. The second-order valence-electron chi connectivity index (χ2n) is 4.08. The number of pyridine rings is 1. The minimum atomic E-state index is -0.389. The molecule has 0 atom stereocenters. The van der Waals surface area contributed by atoms with Crippen LogP contribution in [0.5, 0.6) is 5.75 Å². The summed E-state index contributed by atoms with van der Waals surface area (Å²) in [4.78, 5) is 16.4. The van der Waals surface area contributed by atoms with E-state index in [4.69, 9.17) is 27.9 Å². The van der Waals surface area contributed by atoms with Crippen LogP contribution in [0.15, 0.2) is 30.5 Å². The van der Waals surface area contributed by atoms with Crippen LogP contribution in [0.1, 0.15) is 16.1 Å². The predicted molar refractivity (Wildman–Crippen MR) is 79.9 cm³/mol. The summed E-state index contributed by atoms with van der Waals surface area (Å²) in [5.41, 5.74) is 1.63. The summed E-state index contributed by atoms with van der Waals surface area (Å²) in [7, 11) is 1.44. The van der Waals surface area contributed by atoms with Crippen LogP contribution >= 0.6 is 23.2 Å². The topological polar surface area (TPSA) is 51.2 Å². The number of hydrogen-bond acceptors (Lipinski definition) is 3. The minimum absolute atomic E-state index is 0.205. The maximum Gasteiger partial charge on any atom is 0.261 e. The summed E-state index contributed by atoms with van der Waals surface area (Å²) in [6, 6.07) is 6.58. The van der Waals surface area contributed by atoms with Gasteiger partial charge in [-0.05, 0) is 31.2 Å². The van der Waals surface area contributed by atoms with Crippen molar-refractivity contribution in [3.8, 4) is 5.75 Å². The lowest BCUT2D eigenvalue weighted by Crippen LogP contribution is -2.14. The van der Waals surface area contributed by atoms with Crippen molar-refractivity contribution in [3.63, 3.8) is 0 Å². The van der Waals surface area contributed by atoms with Crippen molar-refractivity contribution in [2.45, 2.75) is 6.92 Å². The zero-order chi connectivity index (χ0) is 14.7. The van der Waals surface area contributed by atoms with Crippen molar-refractivity contribution >= 4 is 34.8 Å². The van der Waals surface area contributed by atoms with Crippen molar-refractivity contribution in [1.29, 1.82) is 0 Å². The number of ether oxygens (including phenoxy) is 1. The fourth-order valence-electron chi connectivity index (χ4n) is 1.76. The van der Waals surface area contributed by atoms with Crippen LogP contribution in [0.2, 0.25) is 10.0 Å². The number of rotatable bonds is 3. The molecule has 0 aliphatic heterocycles. The van der Waals surface area contributed by atoms with Crippen LogP contribution in [0, 0.1) is 6.92 Å². The van der Waals surface area contributed by atoms with Crippen molar-refractivity contribution in [2.24, 2.45) is 0 Å². The third-order valence-corrected chi connectivity index (χ3v) is 3.26. The first-order valence-electron chi connectivity index (χ1n) is 5.79. The highest BCUT2D eigenvalue weighted by Gasteiger charge is 2.19. The Hall–Kier alpha value is -1.78. The molecule has 4 nitrogen and oxygen atoms in total. The summed E-state index contributed by atoms with van der Waals surface area (Å²) >= 11 is 12.1. The second kappa shape index (κ2) is 6.11. The molecule has 0 aliphatic carbocycles. The Bertz CT molecular complexity index is 660. The molecule has 1 aromatic heterocycles. The van der Waals surface area contributed by atoms with E-state index in [-0.39, 0.29) is 22.2 Å². The Morgan fingerprint density at radius 3 is 2.60 bits per heavy atom. The molecule has 0 unspecified atom stereocenters. The molecule has 0 aliphatic rings. The fraction of sp³-hybridized carbons (Fsp3) is 0.143. The normalized spacial score (nSPS) is 10.2. The summed E-state index contributed by atoms with van der Waals surface area (Å²) in [5, 5.41) is 3.34. The monoisotopic (exact) mass is 310 g/mol. The SMILES string of the molecule is COc1c(Cl)ccc(Cl)c1C(=O)Nc1ccnc(C)c1. The number of methoxy groups -OCH3 is 1. The van der Waals surface area contributed by atoms with Crippen LogP contribution in [0.4, 0.5) is 5.69 Å². The number of carbonyl (C=O) groups is 1. The van der Waals surface area contributed by atoms with E-state index in [1.54, 1.807) is 30.5 Å². The third-order valence-electron chi connectivity index (χ3n) is 2.64. The Morgan fingerprint density at radius 2 is 1.95 bits per heavy atom. The Balaban J connectivity index is 2.37. The highest BCUT2D eigenvalue weighted by atomic mass is 35.5. The molecule has 2 aromatic rings. The Kier molecular flexibility index (Phi) is 4.47. The molecule has 1 heterocycles. The standard InChI is InChI=1S/C14H12Cl2N2O2/c1-8-7-9(5-6-17-8)18-14(19)12-10(15)3-4-11(16)13(12)20-2/h3-7H,1-2H3,(H,17,18,19). The minimum Gasteiger partial charge on any atom is -0.494 e. The van der Waals surface area contributed by atoms with Gasteiger partial charge in [0, 0.05) is 17.6 Å². The number of aryl methyl sites for hydroxylation is 1. The van der Waals surface area contributed by atoms with Gasteiger partial charge in [0.15, 0.2) is 5.75 Å². The molecule has 6 heteroatoms. The maximum atomic E-state index is 12.3. The first kappa shape index (κ1) is 14.6. The van der Waals surface area contributed by atoms with Crippen LogP contribution in [-0.2, 0) is 0 Å². The molecule has 0 radical (unpaired) electrons. The number of carbonyl (C=O) groups excluding carboxylic acids is 1. The van der Waals surface area contributed by atoms with Crippen LogP contribution in [-0.4, -0.2) is 18.0 Å². The molecule has 104 valence electrons. The number of anilines is 1. The molecule has 0 saturated carbocycles. The summed E-state index contributed by atoms with van der Waals surface area (Å²) in [6.07, 6.45) is 1.61. The van der Waals surface area contributed by atoms with Crippen molar-refractivity contribution in [2.75, 3.05) is 12.4 Å². The van der Waals surface area contributed by atoms with Gasteiger partial charge in [-0.15, -0.1) is 0 Å². The third kappa shape index (κ3) is 3.03. The number of amides is 1. The lowest BCUT2D eigenvalue weighted by atomic mass is 10.1. The maximum absolute atomic E-state index is 12.3. The van der Waals surface area contributed by atoms with E-state index in [0.29, 0.717) is 10.7 Å². The average Bonchev–Trinajstić information content (AvgIpc) is 2.40. The molecule has 1 amide bonds. The molecule has 0 saturated heterocycles. The molecule has 0 spiro atoms. The first-order valence-corrected chi connectivity index (χ1v) is 6.54. The van der Waals surface area contributed by atoms with E-state index in [1.165, 1.54) is 7.11 Å². The van der Waals surface area contributed by atoms with Gasteiger partial charge in [-0.25, -0.2) is 0 Å². The van der Waals surface area contributed by atoms with Gasteiger partial charge in [-0.1, -0.05) is 23.2 Å². The molecule has 20 heavy (non-hydrogen) atoms. The molecular formula is C14H12Cl2N2O2. The van der Waals surface area contributed by atoms with Gasteiger partial charge in [-0.2, -0.15) is 0 Å². The highest BCUT2D eigenvalue weighted by molar-refractivity contribution is 6.37. The first-order chi connectivity index (χ1) is 9.52. The average molecular weight is 311 g/mol. The summed E-state index contributed by atoms with van der Waals surface area (Å²) < 4.78 is 5.15. The molecule has 0 bridgehead atoms. The summed E-state index contributed by atoms with van der Waals surface area (Å²) in [6.45, 7) is 1.84. The van der Waals surface area contributed by atoms with E-state index in [9.17, 15) is 4.79 Å². The number of nitrogens with one attached hydrogen (secondary N) is 1. The molecule has 1 N–H and O–H groups in total. The number of benzene rings is 1. The van der Waals surface area contributed by atoms with E-state index in [2.05, 4.69) is 10.3 Å². The second-order valence-corrected chi connectivity index (χ2v) is 4.89. The van der Waals surface area contributed by atoms with Crippen LogP contribution < -0.4 is 10.1 Å². The van der Waals surface area contributed by atoms with Gasteiger partial charge in [0.2, 0.25) is 0 Å². The molecule has 2 rings (SSSR count). The zero-order valence-electron chi connectivity index (χ0n) is 10.9. The molecule has 0 fully saturated rings. The summed E-state index contributed by atoms with van der Waals surface area (Å²) in [5.74, 6) is -0.137. The van der Waals surface area contributed by atoms with E-state index >= 15 is 0 Å².